The van der Waals surface area contributed by atoms with Crippen LogP contribution < -0.4 is 5.32 Å². The number of urea groups is 2. The maximum Gasteiger partial charge on any atom is 0.333 e. The fraction of sp³-hybridized carbons (Fsp3) is 0.636. The molecule has 2 aliphatic carbocycles. The Kier molecular flexibility index (Phi) is 6.75. The minimum Gasteiger partial charge on any atom is -0.335 e. The summed E-state index contributed by atoms with van der Waals surface area (Å²) in [5.74, 6) is 0.418. The van der Waals surface area contributed by atoms with Gasteiger partial charge in [0, 0.05) is 12.6 Å². The number of hydrogen-bond donors (Lipinski definition) is 1. The van der Waals surface area contributed by atoms with E-state index < -0.39 is 0 Å². The van der Waals surface area contributed by atoms with Gasteiger partial charge in [0.25, 0.3) is 0 Å². The van der Waals surface area contributed by atoms with Gasteiger partial charge in [0.2, 0.25) is 0 Å². The molecule has 27 heavy (non-hydrogen) atoms. The first-order valence-electron chi connectivity index (χ1n) is 10.6. The minimum absolute atomic E-state index is 0.159. The van der Waals surface area contributed by atoms with E-state index >= 15 is 0 Å². The number of rotatable bonds is 6. The molecule has 0 radical (unpaired) electrons. The van der Waals surface area contributed by atoms with Crippen molar-refractivity contribution in [2.24, 2.45) is 5.92 Å². The number of nitrogens with zero attached hydrogens (tertiary/aromatic N) is 2. The van der Waals surface area contributed by atoms with E-state index in [2.05, 4.69) is 19.2 Å². The van der Waals surface area contributed by atoms with Crippen LogP contribution in [0.2, 0.25) is 0 Å². The lowest BCUT2D eigenvalue weighted by atomic mass is 9.96. The van der Waals surface area contributed by atoms with Gasteiger partial charge in [-0.2, -0.15) is 0 Å². The van der Waals surface area contributed by atoms with Gasteiger partial charge in [0.05, 0.1) is 11.7 Å². The molecule has 2 unspecified atom stereocenters. The summed E-state index contributed by atoms with van der Waals surface area (Å²) >= 11 is 0. The molecule has 1 N–H and O–H groups in total. The van der Waals surface area contributed by atoms with Crippen molar-refractivity contribution in [1.29, 1.82) is 0 Å². The molecule has 0 aromatic rings. The fourth-order valence-corrected chi connectivity index (χ4v) is 4.27. The predicted octanol–water partition coefficient (Wildman–Crippen LogP) is 4.97. The lowest BCUT2D eigenvalue weighted by Crippen LogP contribution is -2.47. The van der Waals surface area contributed by atoms with Gasteiger partial charge in [-0.25, -0.2) is 14.5 Å². The molecule has 0 spiro atoms. The third kappa shape index (κ3) is 4.63. The van der Waals surface area contributed by atoms with Crippen molar-refractivity contribution in [3.63, 3.8) is 0 Å². The van der Waals surface area contributed by atoms with Crippen molar-refractivity contribution in [3.05, 3.63) is 36.1 Å². The number of unbranched alkanes of at least 4 members (excludes halogenated alkanes) is 1. The van der Waals surface area contributed by atoms with E-state index in [1.807, 2.05) is 35.3 Å². The SMILES string of the molecule is CCCCC(C)CN1C(=O)N(C(=O)NC2CCCCC2)C2=CC=CC=CC21. The lowest BCUT2D eigenvalue weighted by Gasteiger charge is -2.26. The monoisotopic (exact) mass is 371 g/mol. The summed E-state index contributed by atoms with van der Waals surface area (Å²) in [6.45, 7) is 5.06. The maximum atomic E-state index is 13.2. The molecular weight excluding hydrogens is 338 g/mol. The van der Waals surface area contributed by atoms with Crippen molar-refractivity contribution < 1.29 is 9.59 Å². The average Bonchev–Trinajstić information content (AvgIpc) is 2.81. The van der Waals surface area contributed by atoms with Crippen LogP contribution in [0.3, 0.4) is 0 Å². The third-order valence-electron chi connectivity index (χ3n) is 5.81. The molecule has 1 saturated heterocycles. The first kappa shape index (κ1) is 19.7. The minimum atomic E-state index is -0.268. The lowest BCUT2D eigenvalue weighted by molar-refractivity contribution is 0.177. The van der Waals surface area contributed by atoms with Crippen molar-refractivity contribution in [2.75, 3.05) is 6.54 Å². The molecule has 5 heteroatoms. The van der Waals surface area contributed by atoms with Gasteiger partial charge in [-0.05, 0) is 31.3 Å². The zero-order valence-electron chi connectivity index (χ0n) is 16.7. The quantitative estimate of drug-likeness (QED) is 0.716. The van der Waals surface area contributed by atoms with Gasteiger partial charge < -0.3 is 10.2 Å². The molecule has 0 aromatic carbocycles. The zero-order chi connectivity index (χ0) is 19.2. The fourth-order valence-electron chi connectivity index (χ4n) is 4.27. The number of hydrogen-bond acceptors (Lipinski definition) is 2. The Hall–Kier alpha value is -2.04. The van der Waals surface area contributed by atoms with Crippen LogP contribution in [-0.2, 0) is 0 Å². The molecule has 2 fully saturated rings. The van der Waals surface area contributed by atoms with Crippen molar-refractivity contribution in [1.82, 2.24) is 15.1 Å². The summed E-state index contributed by atoms with van der Waals surface area (Å²) in [5.41, 5.74) is 0.765. The van der Waals surface area contributed by atoms with Gasteiger partial charge in [0.15, 0.2) is 0 Å². The van der Waals surface area contributed by atoms with Crippen LogP contribution in [0.4, 0.5) is 9.59 Å². The molecule has 2 atom stereocenters. The number of amides is 4. The Morgan fingerprint density at radius 2 is 2.00 bits per heavy atom. The summed E-state index contributed by atoms with van der Waals surface area (Å²) in [7, 11) is 0. The Labute approximate surface area is 163 Å². The van der Waals surface area contributed by atoms with Crippen molar-refractivity contribution in [3.8, 4) is 0 Å². The normalized spacial score (nSPS) is 23.9. The number of fused-ring (bicyclic) bond motifs is 1. The Bertz CT molecular complexity index is 631. The van der Waals surface area contributed by atoms with E-state index in [1.165, 1.54) is 17.7 Å². The van der Waals surface area contributed by atoms with E-state index in [4.69, 9.17) is 0 Å². The molecule has 3 aliphatic rings. The first-order valence-corrected chi connectivity index (χ1v) is 10.6. The summed E-state index contributed by atoms with van der Waals surface area (Å²) in [4.78, 5) is 29.4. The van der Waals surface area contributed by atoms with E-state index in [1.54, 1.807) is 0 Å². The Morgan fingerprint density at radius 3 is 2.74 bits per heavy atom. The second-order valence-electron chi connectivity index (χ2n) is 8.11. The highest BCUT2D eigenvalue weighted by atomic mass is 16.2. The molecule has 0 aromatic heterocycles. The average molecular weight is 372 g/mol. The standard InChI is InChI=1S/C22H33N3O2/c1-3-4-11-17(2)16-24-19-14-9-6-10-15-20(19)25(22(24)27)21(26)23-18-12-7-5-8-13-18/h6,9-10,14-15,17-19H,3-5,7-8,11-13,16H2,1-2H3,(H,23,26). The molecule has 0 bridgehead atoms. The van der Waals surface area contributed by atoms with Crippen LogP contribution >= 0.6 is 0 Å². The smallest absolute Gasteiger partial charge is 0.333 e. The molecule has 148 valence electrons. The van der Waals surface area contributed by atoms with Gasteiger partial charge in [-0.1, -0.05) is 70.3 Å². The van der Waals surface area contributed by atoms with E-state index in [9.17, 15) is 9.59 Å². The summed E-state index contributed by atoms with van der Waals surface area (Å²) in [6.07, 6.45) is 18.7. The van der Waals surface area contributed by atoms with Gasteiger partial charge in [-0.3, -0.25) is 0 Å². The molecule has 3 rings (SSSR count). The maximum absolute atomic E-state index is 13.2. The molecule has 1 aliphatic heterocycles. The van der Waals surface area contributed by atoms with Crippen LogP contribution in [0.1, 0.15) is 65.2 Å². The van der Waals surface area contributed by atoms with Crippen molar-refractivity contribution >= 4 is 12.1 Å². The van der Waals surface area contributed by atoms with E-state index in [0.717, 1.165) is 44.2 Å². The molecular formula is C22H33N3O2. The number of allylic oxidation sites excluding steroid dienone is 4. The second kappa shape index (κ2) is 9.25. The third-order valence-corrected chi connectivity index (χ3v) is 5.81. The van der Waals surface area contributed by atoms with Crippen LogP contribution in [0.25, 0.3) is 0 Å². The second-order valence-corrected chi connectivity index (χ2v) is 8.11. The highest BCUT2D eigenvalue weighted by molar-refractivity contribution is 5.99. The number of carbonyl (C=O) groups excluding carboxylic acids is 2. The van der Waals surface area contributed by atoms with Gasteiger partial charge in [0.1, 0.15) is 0 Å². The van der Waals surface area contributed by atoms with Crippen molar-refractivity contribution in [2.45, 2.75) is 77.3 Å². The largest absolute Gasteiger partial charge is 0.335 e. The molecule has 5 nitrogen and oxygen atoms in total. The summed E-state index contributed by atoms with van der Waals surface area (Å²) < 4.78 is 0. The van der Waals surface area contributed by atoms with Crippen LogP contribution in [0.5, 0.6) is 0 Å². The summed E-state index contributed by atoms with van der Waals surface area (Å²) in [5, 5.41) is 3.10. The first-order chi connectivity index (χ1) is 13.1. The van der Waals surface area contributed by atoms with Crippen LogP contribution in [0.15, 0.2) is 36.1 Å². The number of nitrogens with one attached hydrogen (secondary N) is 1. The Balaban J connectivity index is 1.75. The predicted molar refractivity (Wildman–Crippen MR) is 108 cm³/mol. The molecule has 1 saturated carbocycles. The highest BCUT2D eigenvalue weighted by Crippen LogP contribution is 2.31. The topological polar surface area (TPSA) is 52.7 Å². The van der Waals surface area contributed by atoms with E-state index in [0.29, 0.717) is 12.5 Å². The van der Waals surface area contributed by atoms with Crippen LogP contribution in [-0.4, -0.2) is 40.5 Å². The number of carbonyl (C=O) groups is 2. The van der Waals surface area contributed by atoms with Gasteiger partial charge >= 0.3 is 12.1 Å². The van der Waals surface area contributed by atoms with E-state index in [-0.39, 0.29) is 24.1 Å². The van der Waals surface area contributed by atoms with Gasteiger partial charge in [-0.15, -0.1) is 0 Å². The highest BCUT2D eigenvalue weighted by Gasteiger charge is 2.44. The Morgan fingerprint density at radius 1 is 1.22 bits per heavy atom. The number of imide groups is 1. The van der Waals surface area contributed by atoms with Crippen LogP contribution in [0, 0.1) is 5.92 Å². The molecule has 4 amide bonds. The molecule has 1 heterocycles. The zero-order valence-corrected chi connectivity index (χ0v) is 16.7. The summed E-state index contributed by atoms with van der Waals surface area (Å²) in [6, 6.07) is -0.431.